The fraction of sp³-hybridized carbons (Fsp3) is 0.182. The molecule has 0 unspecified atom stereocenters. The molecule has 2 amide bonds. The Morgan fingerprint density at radius 2 is 1.91 bits per heavy atom. The van der Waals surface area contributed by atoms with Crippen LogP contribution in [-0.4, -0.2) is 55.4 Å². The summed E-state index contributed by atoms with van der Waals surface area (Å²) in [5.41, 5.74) is 9.85. The minimum Gasteiger partial charge on any atom is -0.493 e. The van der Waals surface area contributed by atoms with Crippen molar-refractivity contribution in [3.63, 3.8) is 0 Å². The van der Waals surface area contributed by atoms with Crippen molar-refractivity contribution in [1.29, 1.82) is 0 Å². The van der Waals surface area contributed by atoms with Crippen LogP contribution in [-0.2, 0) is 12.8 Å². The number of aromatic nitrogens is 6. The number of carbonyl (C=O) groups excluding carboxylic acids is 2. The average molecular weight is 442 g/mol. The zero-order chi connectivity index (χ0) is 22.5. The van der Waals surface area contributed by atoms with E-state index in [2.05, 4.69) is 25.7 Å². The van der Waals surface area contributed by atoms with Crippen molar-refractivity contribution in [2.24, 2.45) is 5.73 Å². The number of benzene rings is 2. The molecule has 33 heavy (non-hydrogen) atoms. The Hall–Kier alpha value is -4.54. The lowest BCUT2D eigenvalue weighted by Crippen LogP contribution is -2.39. The smallest absolute Gasteiger partial charge is 0.277 e. The van der Waals surface area contributed by atoms with Crippen molar-refractivity contribution in [3.8, 4) is 22.8 Å². The summed E-state index contributed by atoms with van der Waals surface area (Å²) < 4.78 is 7.11. The molecule has 0 saturated carbocycles. The van der Waals surface area contributed by atoms with E-state index in [4.69, 9.17) is 10.5 Å². The maximum Gasteiger partial charge on any atom is 0.277 e. The van der Waals surface area contributed by atoms with Crippen LogP contribution in [0.15, 0.2) is 42.5 Å². The summed E-state index contributed by atoms with van der Waals surface area (Å²) in [4.78, 5) is 27.4. The highest BCUT2D eigenvalue weighted by atomic mass is 16.5. The quantitative estimate of drug-likeness (QED) is 0.484. The summed E-state index contributed by atoms with van der Waals surface area (Å²) in [6.07, 6.45) is 1.24. The molecule has 2 aromatic carbocycles. The molecule has 6 rings (SSSR count). The number of hydrogen-bond donors (Lipinski definition) is 2. The standard InChI is InChI=1S/C22H18N8O3/c23-20(31)18-16-7-9-29(14-3-1-12(2-4-14)21-24-27-28-25-21)22(32)19(16)30(26-18)15-5-6-17-13(11-15)8-10-33-17/h1-6,11H,7-10H2,(H2,23,31)(H,24,25,27,28). The lowest BCUT2D eigenvalue weighted by Gasteiger charge is -2.28. The van der Waals surface area contributed by atoms with Crippen molar-refractivity contribution < 1.29 is 14.3 Å². The number of nitrogens with two attached hydrogens (primary N) is 1. The van der Waals surface area contributed by atoms with Gasteiger partial charge in [0.1, 0.15) is 11.4 Å². The Morgan fingerprint density at radius 1 is 1.09 bits per heavy atom. The number of nitrogens with one attached hydrogen (secondary N) is 1. The summed E-state index contributed by atoms with van der Waals surface area (Å²) in [7, 11) is 0. The van der Waals surface area contributed by atoms with Crippen LogP contribution in [0.4, 0.5) is 5.69 Å². The molecule has 0 radical (unpaired) electrons. The topological polar surface area (TPSA) is 145 Å². The SMILES string of the molecule is NC(=O)c1nn(-c2ccc3c(c2)CCO3)c2c1CCN(c1ccc(-c3nn[nH]n3)cc1)C2=O. The van der Waals surface area contributed by atoms with Crippen LogP contribution in [0.25, 0.3) is 17.1 Å². The number of aromatic amines is 1. The van der Waals surface area contributed by atoms with Crippen molar-refractivity contribution in [2.75, 3.05) is 18.1 Å². The molecule has 0 spiro atoms. The molecule has 0 aliphatic carbocycles. The van der Waals surface area contributed by atoms with E-state index in [1.54, 1.807) is 4.90 Å². The van der Waals surface area contributed by atoms with Crippen LogP contribution >= 0.6 is 0 Å². The van der Waals surface area contributed by atoms with E-state index in [0.717, 1.165) is 23.3 Å². The van der Waals surface area contributed by atoms with E-state index < -0.39 is 5.91 Å². The number of fused-ring (bicyclic) bond motifs is 2. The maximum atomic E-state index is 13.6. The van der Waals surface area contributed by atoms with Crippen LogP contribution in [0.2, 0.25) is 0 Å². The van der Waals surface area contributed by atoms with E-state index in [1.165, 1.54) is 4.68 Å². The summed E-state index contributed by atoms with van der Waals surface area (Å²) >= 11 is 0. The van der Waals surface area contributed by atoms with Gasteiger partial charge >= 0.3 is 0 Å². The number of H-pyrrole nitrogens is 1. The highest BCUT2D eigenvalue weighted by Gasteiger charge is 2.34. The Balaban J connectivity index is 1.41. The van der Waals surface area contributed by atoms with Crippen molar-refractivity contribution in [2.45, 2.75) is 12.8 Å². The first kappa shape index (κ1) is 19.2. The van der Waals surface area contributed by atoms with Gasteiger partial charge in [0.2, 0.25) is 5.82 Å². The number of anilines is 1. The monoisotopic (exact) mass is 442 g/mol. The van der Waals surface area contributed by atoms with Crippen LogP contribution in [0.3, 0.4) is 0 Å². The molecule has 4 aromatic rings. The second-order valence-corrected chi connectivity index (χ2v) is 7.83. The van der Waals surface area contributed by atoms with Crippen LogP contribution < -0.4 is 15.4 Å². The van der Waals surface area contributed by atoms with Gasteiger partial charge in [-0.05, 0) is 59.7 Å². The minimum absolute atomic E-state index is 0.127. The van der Waals surface area contributed by atoms with Gasteiger partial charge in [-0.1, -0.05) is 0 Å². The Kier molecular flexibility index (Phi) is 4.22. The predicted molar refractivity (Wildman–Crippen MR) is 116 cm³/mol. The second-order valence-electron chi connectivity index (χ2n) is 7.83. The van der Waals surface area contributed by atoms with Gasteiger partial charge in [0.05, 0.1) is 12.3 Å². The summed E-state index contributed by atoms with van der Waals surface area (Å²) in [6, 6.07) is 12.9. The van der Waals surface area contributed by atoms with Crippen molar-refractivity contribution in [1.82, 2.24) is 30.4 Å². The van der Waals surface area contributed by atoms with Gasteiger partial charge < -0.3 is 15.4 Å². The van der Waals surface area contributed by atoms with Crippen LogP contribution in [0.5, 0.6) is 5.75 Å². The third-order valence-corrected chi connectivity index (χ3v) is 5.95. The van der Waals surface area contributed by atoms with Gasteiger partial charge in [0.25, 0.3) is 11.8 Å². The molecular formula is C22H18N8O3. The Labute approximate surface area is 187 Å². The first-order chi connectivity index (χ1) is 16.1. The number of carbonyl (C=O) groups is 2. The molecule has 4 heterocycles. The van der Waals surface area contributed by atoms with E-state index in [-0.39, 0.29) is 11.6 Å². The minimum atomic E-state index is -0.653. The fourth-order valence-corrected chi connectivity index (χ4v) is 4.37. The molecule has 11 heteroatoms. The van der Waals surface area contributed by atoms with Crippen molar-refractivity contribution in [3.05, 3.63) is 65.0 Å². The normalized spacial score (nSPS) is 14.7. The molecule has 0 atom stereocenters. The second kappa shape index (κ2) is 7.26. The van der Waals surface area contributed by atoms with Gasteiger partial charge in [0.15, 0.2) is 5.69 Å². The van der Waals surface area contributed by atoms with Gasteiger partial charge in [-0.2, -0.15) is 10.3 Å². The molecule has 0 saturated heterocycles. The lowest BCUT2D eigenvalue weighted by atomic mass is 10.0. The number of hydrogen-bond acceptors (Lipinski definition) is 7. The lowest BCUT2D eigenvalue weighted by molar-refractivity contribution is 0.0972. The predicted octanol–water partition coefficient (Wildman–Crippen LogP) is 1.29. The number of ether oxygens (including phenoxy) is 1. The number of tetrazole rings is 1. The van der Waals surface area contributed by atoms with Crippen LogP contribution in [0, 0.1) is 0 Å². The largest absolute Gasteiger partial charge is 0.493 e. The molecule has 2 aromatic heterocycles. The van der Waals surface area contributed by atoms with Gasteiger partial charge in [-0.3, -0.25) is 9.59 Å². The molecule has 164 valence electrons. The molecule has 3 N–H and O–H groups in total. The van der Waals surface area contributed by atoms with Gasteiger partial charge in [-0.15, -0.1) is 10.2 Å². The van der Waals surface area contributed by atoms with Gasteiger partial charge in [0, 0.05) is 29.8 Å². The third-order valence-electron chi connectivity index (χ3n) is 5.95. The van der Waals surface area contributed by atoms with E-state index in [0.29, 0.717) is 48.0 Å². The summed E-state index contributed by atoms with van der Waals surface area (Å²) in [5.74, 6) is 0.392. The number of primary amides is 1. The molecular weight excluding hydrogens is 424 g/mol. The molecule has 0 bridgehead atoms. The molecule has 2 aliphatic rings. The van der Waals surface area contributed by atoms with E-state index >= 15 is 0 Å². The first-order valence-corrected chi connectivity index (χ1v) is 10.4. The van der Waals surface area contributed by atoms with E-state index in [9.17, 15) is 9.59 Å². The Bertz CT molecular complexity index is 1390. The first-order valence-electron chi connectivity index (χ1n) is 10.4. The number of rotatable bonds is 4. The Morgan fingerprint density at radius 3 is 2.67 bits per heavy atom. The zero-order valence-corrected chi connectivity index (χ0v) is 17.4. The average Bonchev–Trinajstić information content (AvgIpc) is 3.58. The highest BCUT2D eigenvalue weighted by molar-refractivity contribution is 6.09. The van der Waals surface area contributed by atoms with Crippen LogP contribution in [0.1, 0.15) is 32.1 Å². The number of nitrogens with zero attached hydrogens (tertiary/aromatic N) is 6. The molecule has 11 nitrogen and oxygen atoms in total. The zero-order valence-electron chi connectivity index (χ0n) is 17.4. The maximum absolute atomic E-state index is 13.6. The van der Waals surface area contributed by atoms with Gasteiger partial charge in [-0.25, -0.2) is 4.68 Å². The third kappa shape index (κ3) is 3.04. The van der Waals surface area contributed by atoms with Crippen molar-refractivity contribution >= 4 is 17.5 Å². The van der Waals surface area contributed by atoms with E-state index in [1.807, 2.05) is 42.5 Å². The summed E-state index contributed by atoms with van der Waals surface area (Å²) in [6.45, 7) is 1.02. The molecule has 0 fully saturated rings. The highest BCUT2D eigenvalue weighted by Crippen LogP contribution is 2.32. The fourth-order valence-electron chi connectivity index (χ4n) is 4.37. The molecule has 2 aliphatic heterocycles. The number of amides is 2. The summed E-state index contributed by atoms with van der Waals surface area (Å²) in [5, 5.41) is 18.4.